The van der Waals surface area contributed by atoms with Crippen LogP contribution in [0.15, 0.2) is 11.8 Å². The molecule has 0 aromatic carbocycles. The normalized spacial score (nSPS) is 12.1. The maximum absolute atomic E-state index is 10.1. The second-order valence-corrected chi connectivity index (χ2v) is 2.10. The van der Waals surface area contributed by atoms with Gasteiger partial charge in [-0.15, -0.1) is 0 Å². The molecule has 0 spiro atoms. The monoisotopic (exact) mass is 128 g/mol. The predicted octanol–water partition coefficient (Wildman–Crippen LogP) is -0.411. The first-order valence-electron chi connectivity index (χ1n) is 2.71. The summed E-state index contributed by atoms with van der Waals surface area (Å²) in [5, 5.41) is 0. The molecule has 0 aromatic rings. The van der Waals surface area contributed by atoms with Gasteiger partial charge < -0.3 is 10.6 Å². The van der Waals surface area contributed by atoms with E-state index in [0.717, 1.165) is 6.29 Å². The summed E-state index contributed by atoms with van der Waals surface area (Å²) in [5.74, 6) is 0. The van der Waals surface area contributed by atoms with Crippen LogP contribution in [-0.4, -0.2) is 31.8 Å². The molecular weight excluding hydrogens is 116 g/mol. The molecule has 0 saturated heterocycles. The lowest BCUT2D eigenvalue weighted by Gasteiger charge is -2.06. The van der Waals surface area contributed by atoms with E-state index in [4.69, 9.17) is 5.73 Å². The fraction of sp³-hybridized carbons (Fsp3) is 0.500. The molecule has 52 valence electrons. The van der Waals surface area contributed by atoms with Gasteiger partial charge in [-0.2, -0.15) is 0 Å². The molecule has 0 saturated carbocycles. The SMILES string of the molecule is CN(C)C/C(C=O)=C\N. The fourth-order valence-electron chi connectivity index (χ4n) is 0.494. The Bertz CT molecular complexity index is 118. The van der Waals surface area contributed by atoms with E-state index in [2.05, 4.69) is 0 Å². The number of nitrogens with two attached hydrogens (primary N) is 1. The summed E-state index contributed by atoms with van der Waals surface area (Å²) in [4.78, 5) is 12.0. The van der Waals surface area contributed by atoms with E-state index in [1.807, 2.05) is 19.0 Å². The molecule has 0 aromatic heterocycles. The minimum absolute atomic E-state index is 0.611. The first-order valence-corrected chi connectivity index (χ1v) is 2.71. The van der Waals surface area contributed by atoms with Crippen molar-refractivity contribution in [1.29, 1.82) is 0 Å². The Balaban J connectivity index is 3.71. The van der Waals surface area contributed by atoms with Crippen LogP contribution in [0.25, 0.3) is 0 Å². The number of rotatable bonds is 3. The van der Waals surface area contributed by atoms with Gasteiger partial charge in [-0.25, -0.2) is 0 Å². The lowest BCUT2D eigenvalue weighted by Crippen LogP contribution is -2.16. The summed E-state index contributed by atoms with van der Waals surface area (Å²) in [6.45, 7) is 0.611. The lowest BCUT2D eigenvalue weighted by atomic mass is 10.3. The smallest absolute Gasteiger partial charge is 0.148 e. The molecule has 0 heterocycles. The Morgan fingerprint density at radius 3 is 2.33 bits per heavy atom. The van der Waals surface area contributed by atoms with Gasteiger partial charge in [0.1, 0.15) is 6.29 Å². The van der Waals surface area contributed by atoms with Crippen LogP contribution in [0.2, 0.25) is 0 Å². The van der Waals surface area contributed by atoms with E-state index < -0.39 is 0 Å². The molecule has 0 amide bonds. The number of aldehydes is 1. The largest absolute Gasteiger partial charge is 0.404 e. The van der Waals surface area contributed by atoms with Crippen LogP contribution in [0.4, 0.5) is 0 Å². The second-order valence-electron chi connectivity index (χ2n) is 2.10. The Morgan fingerprint density at radius 2 is 2.22 bits per heavy atom. The molecule has 0 atom stereocenters. The maximum atomic E-state index is 10.1. The minimum Gasteiger partial charge on any atom is -0.404 e. The van der Waals surface area contributed by atoms with Crippen LogP contribution in [0.1, 0.15) is 0 Å². The molecule has 0 fully saturated rings. The maximum Gasteiger partial charge on any atom is 0.148 e. The van der Waals surface area contributed by atoms with Crippen LogP contribution in [0.5, 0.6) is 0 Å². The van der Waals surface area contributed by atoms with Gasteiger partial charge in [0.15, 0.2) is 0 Å². The number of likely N-dealkylation sites (N-methyl/N-ethyl adjacent to an activating group) is 1. The zero-order valence-electron chi connectivity index (χ0n) is 5.79. The van der Waals surface area contributed by atoms with Gasteiger partial charge in [0, 0.05) is 18.3 Å². The van der Waals surface area contributed by atoms with Crippen molar-refractivity contribution >= 4 is 6.29 Å². The zero-order chi connectivity index (χ0) is 7.28. The van der Waals surface area contributed by atoms with Gasteiger partial charge in [-0.05, 0) is 14.1 Å². The van der Waals surface area contributed by atoms with Crippen LogP contribution >= 0.6 is 0 Å². The zero-order valence-corrected chi connectivity index (χ0v) is 5.79. The molecule has 0 bridgehead atoms. The number of carbonyl (C=O) groups is 1. The number of carbonyl (C=O) groups excluding carboxylic acids is 1. The summed E-state index contributed by atoms with van der Waals surface area (Å²) >= 11 is 0. The Labute approximate surface area is 55.1 Å². The first-order chi connectivity index (χ1) is 4.20. The van der Waals surface area contributed by atoms with Crippen molar-refractivity contribution < 1.29 is 4.79 Å². The molecule has 2 N–H and O–H groups in total. The van der Waals surface area contributed by atoms with Crippen LogP contribution < -0.4 is 5.73 Å². The summed E-state index contributed by atoms with van der Waals surface area (Å²) in [6.07, 6.45) is 2.09. The number of hydrogen-bond acceptors (Lipinski definition) is 3. The van der Waals surface area contributed by atoms with Gasteiger partial charge in [-0.3, -0.25) is 4.79 Å². The Morgan fingerprint density at radius 1 is 1.67 bits per heavy atom. The molecule has 0 aliphatic rings. The third-order valence-electron chi connectivity index (χ3n) is 0.864. The van der Waals surface area contributed by atoms with Gasteiger partial charge in [0.05, 0.1) is 0 Å². The molecule has 9 heavy (non-hydrogen) atoms. The van der Waals surface area contributed by atoms with Crippen molar-refractivity contribution in [3.8, 4) is 0 Å². The van der Waals surface area contributed by atoms with E-state index in [9.17, 15) is 4.79 Å². The average molecular weight is 128 g/mol. The molecule has 0 radical (unpaired) electrons. The van der Waals surface area contributed by atoms with E-state index in [1.54, 1.807) is 0 Å². The van der Waals surface area contributed by atoms with Crippen molar-refractivity contribution in [2.45, 2.75) is 0 Å². The van der Waals surface area contributed by atoms with Gasteiger partial charge in [-0.1, -0.05) is 0 Å². The van der Waals surface area contributed by atoms with E-state index in [0.29, 0.717) is 12.1 Å². The van der Waals surface area contributed by atoms with Gasteiger partial charge in [0.2, 0.25) is 0 Å². The first kappa shape index (κ1) is 8.17. The highest BCUT2D eigenvalue weighted by Gasteiger charge is 1.93. The van der Waals surface area contributed by atoms with E-state index in [1.165, 1.54) is 6.20 Å². The molecule has 0 aliphatic carbocycles. The quantitative estimate of drug-likeness (QED) is 0.415. The van der Waals surface area contributed by atoms with Crippen molar-refractivity contribution in [1.82, 2.24) is 4.90 Å². The fourth-order valence-corrected chi connectivity index (χ4v) is 0.494. The Hall–Kier alpha value is -0.830. The third kappa shape index (κ3) is 3.73. The van der Waals surface area contributed by atoms with Crippen molar-refractivity contribution in [2.75, 3.05) is 20.6 Å². The highest BCUT2D eigenvalue weighted by atomic mass is 16.1. The topological polar surface area (TPSA) is 46.3 Å². The van der Waals surface area contributed by atoms with Crippen molar-refractivity contribution in [2.24, 2.45) is 5.73 Å². The summed E-state index contributed by atoms with van der Waals surface area (Å²) in [7, 11) is 3.76. The molecule has 0 unspecified atom stereocenters. The molecule has 3 heteroatoms. The van der Waals surface area contributed by atoms with E-state index >= 15 is 0 Å². The molecule has 3 nitrogen and oxygen atoms in total. The molecule has 0 aliphatic heterocycles. The Kier molecular flexibility index (Phi) is 3.71. The average Bonchev–Trinajstić information content (AvgIpc) is 1.82. The molecule has 0 rings (SSSR count). The number of hydrogen-bond donors (Lipinski definition) is 1. The highest BCUT2D eigenvalue weighted by molar-refractivity contribution is 5.73. The van der Waals surface area contributed by atoms with Gasteiger partial charge in [0.25, 0.3) is 0 Å². The van der Waals surface area contributed by atoms with Crippen LogP contribution in [-0.2, 0) is 4.79 Å². The number of nitrogens with zero attached hydrogens (tertiary/aromatic N) is 1. The third-order valence-corrected chi connectivity index (χ3v) is 0.864. The van der Waals surface area contributed by atoms with Gasteiger partial charge >= 0.3 is 0 Å². The van der Waals surface area contributed by atoms with Crippen LogP contribution in [0.3, 0.4) is 0 Å². The van der Waals surface area contributed by atoms with E-state index in [-0.39, 0.29) is 0 Å². The van der Waals surface area contributed by atoms with Crippen molar-refractivity contribution in [3.05, 3.63) is 11.8 Å². The minimum atomic E-state index is 0.611. The highest BCUT2D eigenvalue weighted by Crippen LogP contribution is 1.86. The molecular formula is C6H12N2O. The van der Waals surface area contributed by atoms with Crippen molar-refractivity contribution in [3.63, 3.8) is 0 Å². The predicted molar refractivity (Wildman–Crippen MR) is 36.9 cm³/mol. The summed E-state index contributed by atoms with van der Waals surface area (Å²) in [6, 6.07) is 0. The summed E-state index contributed by atoms with van der Waals surface area (Å²) < 4.78 is 0. The van der Waals surface area contributed by atoms with Crippen LogP contribution in [0, 0.1) is 0 Å². The lowest BCUT2D eigenvalue weighted by molar-refractivity contribution is -0.105. The second kappa shape index (κ2) is 4.09. The standard InChI is InChI=1S/C6H12N2O/c1-8(2)4-6(3-7)5-9/h3,5H,4,7H2,1-2H3/b6-3+. The summed E-state index contributed by atoms with van der Waals surface area (Å²) in [5.41, 5.74) is 5.72.